The van der Waals surface area contributed by atoms with Crippen molar-refractivity contribution >= 4 is 28.3 Å². The number of thiophene rings is 1. The summed E-state index contributed by atoms with van der Waals surface area (Å²) < 4.78 is 3.04. The van der Waals surface area contributed by atoms with E-state index in [1.807, 2.05) is 0 Å². The van der Waals surface area contributed by atoms with Crippen LogP contribution in [0.1, 0.15) is 14.5 Å². The Morgan fingerprint density at radius 2 is 2.29 bits per heavy atom. The maximum absolute atomic E-state index is 12.3. The van der Waals surface area contributed by atoms with E-state index in [9.17, 15) is 9.59 Å². The number of aromatic nitrogens is 4. The molecule has 3 rings (SSSR count). The molecule has 3 heterocycles. The van der Waals surface area contributed by atoms with Gasteiger partial charge in [0.15, 0.2) is 5.65 Å². The first kappa shape index (κ1) is 13.5. The number of amides is 1. The van der Waals surface area contributed by atoms with E-state index in [2.05, 4.69) is 15.5 Å². The van der Waals surface area contributed by atoms with Crippen molar-refractivity contribution in [2.24, 2.45) is 12.9 Å². The van der Waals surface area contributed by atoms with Gasteiger partial charge in [-0.3, -0.25) is 24.3 Å². The fraction of sp³-hybridized carbons (Fsp3) is 0.167. The molecule has 0 aromatic carbocycles. The highest BCUT2D eigenvalue weighted by Crippen LogP contribution is 2.17. The van der Waals surface area contributed by atoms with Crippen LogP contribution in [0.25, 0.3) is 11.0 Å². The molecule has 0 radical (unpaired) electrons. The second-order valence-corrected chi connectivity index (χ2v) is 5.59. The summed E-state index contributed by atoms with van der Waals surface area (Å²) in [6, 6.07) is 3.46. The number of fused-ring (bicyclic) bond motifs is 1. The molecular weight excluding hydrogens is 292 g/mol. The Hall–Kier alpha value is -2.52. The predicted molar refractivity (Wildman–Crippen MR) is 77.8 cm³/mol. The zero-order valence-corrected chi connectivity index (χ0v) is 11.9. The molecule has 0 aliphatic carbocycles. The summed E-state index contributed by atoms with van der Waals surface area (Å²) in [7, 11) is 1.73. The lowest BCUT2D eigenvalue weighted by atomic mass is 10.4. The van der Waals surface area contributed by atoms with E-state index in [4.69, 9.17) is 5.84 Å². The third-order valence-electron chi connectivity index (χ3n) is 3.06. The van der Waals surface area contributed by atoms with Crippen LogP contribution in [-0.2, 0) is 13.6 Å². The summed E-state index contributed by atoms with van der Waals surface area (Å²) in [5, 5.41) is 4.49. The van der Waals surface area contributed by atoms with Crippen LogP contribution in [0.4, 0.5) is 0 Å². The molecule has 3 aromatic heterocycles. The summed E-state index contributed by atoms with van der Waals surface area (Å²) in [5.41, 5.74) is 2.46. The van der Waals surface area contributed by atoms with Crippen LogP contribution in [0.2, 0.25) is 0 Å². The van der Waals surface area contributed by atoms with E-state index >= 15 is 0 Å². The minimum absolute atomic E-state index is 0.161. The van der Waals surface area contributed by atoms with Crippen molar-refractivity contribution < 1.29 is 4.79 Å². The number of aryl methyl sites for hydroxylation is 1. The molecule has 0 saturated heterocycles. The molecule has 3 N–H and O–H groups in total. The Kier molecular flexibility index (Phi) is 3.28. The number of nitrogens with one attached hydrogen (secondary N) is 1. The van der Waals surface area contributed by atoms with Crippen LogP contribution in [-0.4, -0.2) is 25.2 Å². The van der Waals surface area contributed by atoms with Gasteiger partial charge in [0.05, 0.1) is 17.6 Å². The Balaban J connectivity index is 1.95. The minimum atomic E-state index is -0.348. The number of nitrogens with two attached hydrogens (primary N) is 1. The van der Waals surface area contributed by atoms with Crippen LogP contribution in [0.15, 0.2) is 29.5 Å². The van der Waals surface area contributed by atoms with Crippen molar-refractivity contribution in [1.82, 2.24) is 24.8 Å². The highest BCUT2D eigenvalue weighted by molar-refractivity contribution is 7.14. The van der Waals surface area contributed by atoms with Crippen LogP contribution in [0.3, 0.4) is 0 Å². The molecule has 9 heteroatoms. The number of hydrogen-bond acceptors (Lipinski definition) is 6. The van der Waals surface area contributed by atoms with E-state index in [1.54, 1.807) is 23.9 Å². The fourth-order valence-corrected chi connectivity index (χ4v) is 2.91. The van der Waals surface area contributed by atoms with Gasteiger partial charge >= 0.3 is 0 Å². The second-order valence-electron chi connectivity index (χ2n) is 4.42. The summed E-state index contributed by atoms with van der Waals surface area (Å²) >= 11 is 1.28. The van der Waals surface area contributed by atoms with Crippen molar-refractivity contribution in [3.8, 4) is 0 Å². The first-order valence-electron chi connectivity index (χ1n) is 6.07. The molecule has 0 fully saturated rings. The molecule has 1 amide bonds. The number of hydrazine groups is 1. The van der Waals surface area contributed by atoms with Crippen molar-refractivity contribution in [1.29, 1.82) is 0 Å². The number of rotatable bonds is 3. The van der Waals surface area contributed by atoms with E-state index in [-0.39, 0.29) is 11.5 Å². The van der Waals surface area contributed by atoms with E-state index < -0.39 is 0 Å². The van der Waals surface area contributed by atoms with Crippen LogP contribution >= 0.6 is 11.3 Å². The van der Waals surface area contributed by atoms with E-state index in [0.717, 1.165) is 4.88 Å². The van der Waals surface area contributed by atoms with Crippen molar-refractivity contribution in [2.45, 2.75) is 6.54 Å². The van der Waals surface area contributed by atoms with Gasteiger partial charge in [0.1, 0.15) is 11.7 Å². The van der Waals surface area contributed by atoms with Crippen LogP contribution < -0.4 is 16.8 Å². The molecular formula is C12H12N6O2S. The Labute approximate surface area is 122 Å². The maximum atomic E-state index is 12.3. The molecule has 0 bridgehead atoms. The van der Waals surface area contributed by atoms with Gasteiger partial charge < -0.3 is 0 Å². The average molecular weight is 304 g/mol. The normalized spacial score (nSPS) is 11.0. The zero-order valence-electron chi connectivity index (χ0n) is 11.1. The largest absolute Gasteiger partial charge is 0.293 e. The van der Waals surface area contributed by atoms with E-state index in [0.29, 0.717) is 22.5 Å². The van der Waals surface area contributed by atoms with Gasteiger partial charge in [-0.1, -0.05) is 0 Å². The Bertz CT molecular complexity index is 877. The van der Waals surface area contributed by atoms with Gasteiger partial charge in [-0.2, -0.15) is 5.10 Å². The molecule has 0 spiro atoms. The van der Waals surface area contributed by atoms with Crippen LogP contribution in [0, 0.1) is 0 Å². The average Bonchev–Trinajstić information content (AvgIpc) is 3.09. The summed E-state index contributed by atoms with van der Waals surface area (Å²) in [5.74, 6) is 4.74. The highest BCUT2D eigenvalue weighted by Gasteiger charge is 2.11. The number of carbonyl (C=O) groups is 1. The summed E-state index contributed by atoms with van der Waals surface area (Å²) in [4.78, 5) is 29.3. The van der Waals surface area contributed by atoms with Gasteiger partial charge in [0.2, 0.25) is 0 Å². The van der Waals surface area contributed by atoms with E-state index in [1.165, 1.54) is 28.4 Å². The van der Waals surface area contributed by atoms with Crippen molar-refractivity contribution in [3.63, 3.8) is 0 Å². The highest BCUT2D eigenvalue weighted by atomic mass is 32.1. The monoisotopic (exact) mass is 304 g/mol. The number of nitrogens with zero attached hydrogens (tertiary/aromatic N) is 4. The molecule has 21 heavy (non-hydrogen) atoms. The number of carbonyl (C=O) groups excluding carboxylic acids is 1. The molecule has 108 valence electrons. The molecule has 0 aliphatic rings. The quantitative estimate of drug-likeness (QED) is 0.397. The summed E-state index contributed by atoms with van der Waals surface area (Å²) in [6.45, 7) is 0.346. The van der Waals surface area contributed by atoms with Gasteiger partial charge in [0.25, 0.3) is 11.5 Å². The fourth-order valence-electron chi connectivity index (χ4n) is 2.00. The minimum Gasteiger partial charge on any atom is -0.293 e. The lowest BCUT2D eigenvalue weighted by molar-refractivity contribution is 0.0957. The summed E-state index contributed by atoms with van der Waals surface area (Å²) in [6.07, 6.45) is 2.98. The Morgan fingerprint density at radius 1 is 1.48 bits per heavy atom. The zero-order chi connectivity index (χ0) is 15.0. The second kappa shape index (κ2) is 5.11. The number of nitrogen functional groups attached to an aromatic ring is 1. The Morgan fingerprint density at radius 3 is 3.05 bits per heavy atom. The van der Waals surface area contributed by atoms with Gasteiger partial charge in [-0.05, 0) is 12.1 Å². The number of hydrogen-bond donors (Lipinski definition) is 2. The standard InChI is InChI=1S/C12H12N6O2S/c1-17-10-8(4-15-17)12(20)18(6-14-10)5-7-2-3-9(21-7)11(19)16-13/h2-4,6H,5,13H2,1H3,(H,16,19). The topological polar surface area (TPSA) is 108 Å². The van der Waals surface area contributed by atoms with Crippen molar-refractivity contribution in [2.75, 3.05) is 0 Å². The molecule has 0 unspecified atom stereocenters. The maximum Gasteiger partial charge on any atom is 0.275 e. The van der Waals surface area contributed by atoms with Gasteiger partial charge in [0, 0.05) is 11.9 Å². The molecule has 0 atom stereocenters. The third-order valence-corrected chi connectivity index (χ3v) is 4.13. The third kappa shape index (κ3) is 2.32. The molecule has 0 aliphatic heterocycles. The van der Waals surface area contributed by atoms with Gasteiger partial charge in [-0.25, -0.2) is 10.8 Å². The lowest BCUT2D eigenvalue weighted by Crippen LogP contribution is -2.29. The lowest BCUT2D eigenvalue weighted by Gasteiger charge is -2.03. The van der Waals surface area contributed by atoms with Crippen LogP contribution in [0.5, 0.6) is 0 Å². The van der Waals surface area contributed by atoms with Gasteiger partial charge in [-0.15, -0.1) is 11.3 Å². The molecule has 8 nitrogen and oxygen atoms in total. The van der Waals surface area contributed by atoms with Crippen molar-refractivity contribution in [3.05, 3.63) is 44.8 Å². The first-order valence-corrected chi connectivity index (χ1v) is 6.88. The predicted octanol–water partition coefficient (Wildman–Crippen LogP) is -0.157. The SMILES string of the molecule is Cn1ncc2c(=O)n(Cc3ccc(C(=O)NN)s3)cnc21. The molecule has 0 saturated carbocycles. The first-order chi connectivity index (χ1) is 10.1. The smallest absolute Gasteiger partial charge is 0.275 e. The molecule has 3 aromatic rings.